The summed E-state index contributed by atoms with van der Waals surface area (Å²) in [5.41, 5.74) is 0.379. The summed E-state index contributed by atoms with van der Waals surface area (Å²) in [5, 5.41) is 10.3. The third-order valence-electron chi connectivity index (χ3n) is 1.76. The van der Waals surface area contributed by atoms with Crippen molar-refractivity contribution in [3.63, 3.8) is 0 Å². The number of aromatic carboxylic acids is 1. The Morgan fingerprint density at radius 3 is 2.71 bits per heavy atom. The zero-order chi connectivity index (χ0) is 10.8. The summed E-state index contributed by atoms with van der Waals surface area (Å²) in [4.78, 5) is 10.8. The first-order chi connectivity index (χ1) is 6.46. The van der Waals surface area contributed by atoms with Crippen LogP contribution in [0.25, 0.3) is 0 Å². The molecule has 0 saturated heterocycles. The molecule has 0 fully saturated rings. The van der Waals surface area contributed by atoms with E-state index in [9.17, 15) is 13.2 Å². The van der Waals surface area contributed by atoms with Crippen LogP contribution in [0, 0.1) is 0 Å². The Kier molecular flexibility index (Phi) is 3.28. The number of carboxylic acids is 1. The largest absolute Gasteiger partial charge is 0.477 e. The molecule has 14 heavy (non-hydrogen) atoms. The van der Waals surface area contributed by atoms with Gasteiger partial charge in [-0.3, -0.25) is 0 Å². The van der Waals surface area contributed by atoms with Crippen LogP contribution in [-0.2, 0) is 15.6 Å². The van der Waals surface area contributed by atoms with E-state index < -0.39 is 15.8 Å². The number of hydrogen-bond donors (Lipinski definition) is 1. The molecular formula is C8H10O4S2. The molecule has 0 bridgehead atoms. The van der Waals surface area contributed by atoms with E-state index in [1.165, 1.54) is 0 Å². The standard InChI is InChI=1S/C8H10O4S2/c1-2-14(11,12)5-6-3-4-13-7(6)8(9)10/h3-4H,2,5H2,1H3,(H,9,10). The first-order valence-electron chi connectivity index (χ1n) is 3.96. The SMILES string of the molecule is CCS(=O)(=O)Cc1ccsc1C(=O)O. The minimum Gasteiger partial charge on any atom is -0.477 e. The normalized spacial score (nSPS) is 11.5. The quantitative estimate of drug-likeness (QED) is 0.854. The Bertz CT molecular complexity index is 430. The molecule has 0 aliphatic heterocycles. The number of sulfone groups is 1. The zero-order valence-electron chi connectivity index (χ0n) is 7.56. The molecule has 6 heteroatoms. The van der Waals surface area contributed by atoms with Crippen molar-refractivity contribution >= 4 is 27.1 Å². The number of rotatable bonds is 4. The smallest absolute Gasteiger partial charge is 0.346 e. The highest BCUT2D eigenvalue weighted by atomic mass is 32.2. The summed E-state index contributed by atoms with van der Waals surface area (Å²) in [7, 11) is -3.16. The van der Waals surface area contributed by atoms with Crippen LogP contribution in [0.3, 0.4) is 0 Å². The summed E-state index contributed by atoms with van der Waals surface area (Å²) < 4.78 is 22.5. The molecule has 78 valence electrons. The first-order valence-corrected chi connectivity index (χ1v) is 6.66. The van der Waals surface area contributed by atoms with Crippen molar-refractivity contribution in [1.82, 2.24) is 0 Å². The molecule has 1 aromatic heterocycles. The minimum absolute atomic E-state index is 0.0297. The molecule has 1 rings (SSSR count). The van der Waals surface area contributed by atoms with Crippen LogP contribution >= 0.6 is 11.3 Å². The van der Waals surface area contributed by atoms with Gasteiger partial charge in [-0.1, -0.05) is 6.92 Å². The van der Waals surface area contributed by atoms with E-state index in [0.29, 0.717) is 5.56 Å². The minimum atomic E-state index is -3.16. The number of thiophene rings is 1. The maximum absolute atomic E-state index is 11.3. The lowest BCUT2D eigenvalue weighted by atomic mass is 10.3. The highest BCUT2D eigenvalue weighted by Gasteiger charge is 2.17. The lowest BCUT2D eigenvalue weighted by molar-refractivity contribution is 0.0701. The maximum atomic E-state index is 11.3. The predicted octanol–water partition coefficient (Wildman–Crippen LogP) is 1.38. The molecule has 0 saturated carbocycles. The van der Waals surface area contributed by atoms with Gasteiger partial charge in [0.05, 0.1) is 5.75 Å². The van der Waals surface area contributed by atoms with E-state index in [1.54, 1.807) is 18.4 Å². The fourth-order valence-corrected chi connectivity index (χ4v) is 2.75. The lowest BCUT2D eigenvalue weighted by Crippen LogP contribution is -2.08. The van der Waals surface area contributed by atoms with Crippen LogP contribution in [0.2, 0.25) is 0 Å². The fourth-order valence-electron chi connectivity index (χ4n) is 0.976. The van der Waals surface area contributed by atoms with Crippen LogP contribution < -0.4 is 0 Å². The van der Waals surface area contributed by atoms with Gasteiger partial charge in [-0.2, -0.15) is 0 Å². The van der Waals surface area contributed by atoms with Crippen molar-refractivity contribution in [2.24, 2.45) is 0 Å². The lowest BCUT2D eigenvalue weighted by Gasteiger charge is -1.99. The van der Waals surface area contributed by atoms with Crippen LogP contribution in [0.4, 0.5) is 0 Å². The van der Waals surface area contributed by atoms with Gasteiger partial charge in [-0.25, -0.2) is 13.2 Å². The van der Waals surface area contributed by atoms with E-state index in [-0.39, 0.29) is 16.4 Å². The summed E-state index contributed by atoms with van der Waals surface area (Å²) in [5.74, 6) is -1.22. The molecule has 0 amide bonds. The second-order valence-electron chi connectivity index (χ2n) is 2.76. The number of carbonyl (C=O) groups is 1. The molecular weight excluding hydrogens is 224 g/mol. The molecule has 1 N–H and O–H groups in total. The van der Waals surface area contributed by atoms with E-state index in [0.717, 1.165) is 11.3 Å². The average molecular weight is 234 g/mol. The fraction of sp³-hybridized carbons (Fsp3) is 0.375. The highest BCUT2D eigenvalue weighted by Crippen LogP contribution is 2.19. The first kappa shape index (κ1) is 11.2. The van der Waals surface area contributed by atoms with Crippen LogP contribution in [0.1, 0.15) is 22.2 Å². The maximum Gasteiger partial charge on any atom is 0.346 e. The highest BCUT2D eigenvalue weighted by molar-refractivity contribution is 7.90. The molecule has 1 aromatic rings. The molecule has 0 aromatic carbocycles. The Labute approximate surface area is 86.1 Å². The predicted molar refractivity (Wildman–Crippen MR) is 54.4 cm³/mol. The van der Waals surface area contributed by atoms with Gasteiger partial charge in [0.15, 0.2) is 9.84 Å². The third kappa shape index (κ3) is 2.55. The van der Waals surface area contributed by atoms with Gasteiger partial charge in [0.2, 0.25) is 0 Å². The molecule has 0 atom stereocenters. The van der Waals surface area contributed by atoms with Gasteiger partial charge >= 0.3 is 5.97 Å². The average Bonchev–Trinajstić information content (AvgIpc) is 2.51. The van der Waals surface area contributed by atoms with Gasteiger partial charge < -0.3 is 5.11 Å². The van der Waals surface area contributed by atoms with Gasteiger partial charge in [0.1, 0.15) is 4.88 Å². The summed E-state index contributed by atoms with van der Waals surface area (Å²) in [6.45, 7) is 1.54. The summed E-state index contributed by atoms with van der Waals surface area (Å²) in [6.07, 6.45) is 0. The molecule has 0 spiro atoms. The van der Waals surface area contributed by atoms with E-state index >= 15 is 0 Å². The molecule has 4 nitrogen and oxygen atoms in total. The molecule has 0 aliphatic carbocycles. The van der Waals surface area contributed by atoms with Crippen molar-refractivity contribution in [3.8, 4) is 0 Å². The van der Waals surface area contributed by atoms with Gasteiger partial charge in [-0.05, 0) is 17.0 Å². The molecule has 0 unspecified atom stereocenters. The Hall–Kier alpha value is -0.880. The van der Waals surface area contributed by atoms with Crippen molar-refractivity contribution < 1.29 is 18.3 Å². The van der Waals surface area contributed by atoms with E-state index in [4.69, 9.17) is 5.11 Å². The molecule has 1 heterocycles. The Balaban J connectivity index is 2.98. The zero-order valence-corrected chi connectivity index (χ0v) is 9.19. The van der Waals surface area contributed by atoms with Crippen molar-refractivity contribution in [1.29, 1.82) is 0 Å². The Morgan fingerprint density at radius 1 is 1.57 bits per heavy atom. The molecule has 0 aliphatic rings. The molecule has 0 radical (unpaired) electrons. The second-order valence-corrected chi connectivity index (χ2v) is 6.03. The monoisotopic (exact) mass is 234 g/mol. The Morgan fingerprint density at radius 2 is 2.21 bits per heavy atom. The topological polar surface area (TPSA) is 71.4 Å². The second kappa shape index (κ2) is 4.10. The van der Waals surface area contributed by atoms with E-state index in [2.05, 4.69) is 0 Å². The van der Waals surface area contributed by atoms with Crippen molar-refractivity contribution in [3.05, 3.63) is 21.9 Å². The van der Waals surface area contributed by atoms with Gasteiger partial charge in [0, 0.05) is 5.75 Å². The number of carboxylic acid groups (broad SMARTS) is 1. The van der Waals surface area contributed by atoms with E-state index in [1.807, 2.05) is 0 Å². The summed E-state index contributed by atoms with van der Waals surface area (Å²) >= 11 is 1.04. The summed E-state index contributed by atoms with van der Waals surface area (Å²) in [6, 6.07) is 1.54. The van der Waals surface area contributed by atoms with Crippen LogP contribution in [0.15, 0.2) is 11.4 Å². The van der Waals surface area contributed by atoms with Crippen molar-refractivity contribution in [2.75, 3.05) is 5.75 Å². The van der Waals surface area contributed by atoms with Gasteiger partial charge in [-0.15, -0.1) is 11.3 Å². The van der Waals surface area contributed by atoms with Gasteiger partial charge in [0.25, 0.3) is 0 Å². The number of hydrogen-bond acceptors (Lipinski definition) is 4. The van der Waals surface area contributed by atoms with Crippen LogP contribution in [-0.4, -0.2) is 25.2 Å². The third-order valence-corrected chi connectivity index (χ3v) is 4.33. The van der Waals surface area contributed by atoms with Crippen LogP contribution in [0.5, 0.6) is 0 Å². The van der Waals surface area contributed by atoms with Crippen molar-refractivity contribution in [2.45, 2.75) is 12.7 Å².